The maximum absolute atomic E-state index is 12.5. The monoisotopic (exact) mass is 272 g/mol. The van der Waals surface area contributed by atoms with E-state index in [0.717, 1.165) is 11.6 Å². The summed E-state index contributed by atoms with van der Waals surface area (Å²) in [6.45, 7) is 1.88. The molecular formula is C12H11F3N2S. The molecule has 96 valence electrons. The minimum absolute atomic E-state index is 0.0766. The van der Waals surface area contributed by atoms with Gasteiger partial charge in [0.25, 0.3) is 0 Å². The third-order valence-electron chi connectivity index (χ3n) is 2.45. The van der Waals surface area contributed by atoms with Gasteiger partial charge in [0.2, 0.25) is 0 Å². The van der Waals surface area contributed by atoms with Gasteiger partial charge in [-0.05, 0) is 41.4 Å². The summed E-state index contributed by atoms with van der Waals surface area (Å²) in [6.07, 6.45) is -4.41. The third-order valence-corrected chi connectivity index (χ3v) is 3.15. The fraction of sp³-hybridized carbons (Fsp3) is 0.250. The number of halogens is 3. The lowest BCUT2D eigenvalue weighted by atomic mass is 10.2. The summed E-state index contributed by atoms with van der Waals surface area (Å²) in [6, 6.07) is 5.68. The molecule has 18 heavy (non-hydrogen) atoms. The van der Waals surface area contributed by atoms with Crippen molar-refractivity contribution in [3.8, 4) is 0 Å². The predicted octanol–water partition coefficient (Wildman–Crippen LogP) is 4.34. The molecule has 2 aromatic rings. The average molecular weight is 272 g/mol. The molecule has 2 aromatic heterocycles. The van der Waals surface area contributed by atoms with Gasteiger partial charge >= 0.3 is 6.18 Å². The first-order valence-corrected chi connectivity index (χ1v) is 6.24. The number of alkyl halides is 3. The van der Waals surface area contributed by atoms with E-state index in [1.54, 1.807) is 11.3 Å². The minimum Gasteiger partial charge on any atom is -0.364 e. The van der Waals surface area contributed by atoms with Gasteiger partial charge < -0.3 is 5.32 Å². The molecule has 1 atom stereocenters. The first-order chi connectivity index (χ1) is 8.47. The van der Waals surface area contributed by atoms with Crippen molar-refractivity contribution in [3.05, 3.63) is 46.3 Å². The van der Waals surface area contributed by atoms with E-state index in [0.29, 0.717) is 0 Å². The second-order valence-corrected chi connectivity index (χ2v) is 4.61. The van der Waals surface area contributed by atoms with Crippen LogP contribution in [0.4, 0.5) is 19.0 Å². The quantitative estimate of drug-likeness (QED) is 0.899. The van der Waals surface area contributed by atoms with Gasteiger partial charge in [0.15, 0.2) is 0 Å². The van der Waals surface area contributed by atoms with Gasteiger partial charge in [-0.1, -0.05) is 6.07 Å². The van der Waals surface area contributed by atoms with Crippen molar-refractivity contribution in [2.24, 2.45) is 0 Å². The van der Waals surface area contributed by atoms with E-state index in [1.807, 2.05) is 23.8 Å². The molecule has 0 amide bonds. The molecule has 0 saturated carbocycles. The largest absolute Gasteiger partial charge is 0.433 e. The number of rotatable bonds is 3. The number of thiophene rings is 1. The standard InChI is InChI=1S/C12H11F3N2S/c1-8(9-5-6-18-7-9)16-11-4-2-3-10(17-11)12(13,14)15/h2-8H,1H3,(H,16,17). The van der Waals surface area contributed by atoms with Gasteiger partial charge in [0.1, 0.15) is 11.5 Å². The lowest BCUT2D eigenvalue weighted by molar-refractivity contribution is -0.141. The molecule has 0 fully saturated rings. The van der Waals surface area contributed by atoms with Crippen LogP contribution in [0.25, 0.3) is 0 Å². The number of hydrogen-bond donors (Lipinski definition) is 1. The van der Waals surface area contributed by atoms with Crippen LogP contribution in [-0.2, 0) is 6.18 Å². The predicted molar refractivity (Wildman–Crippen MR) is 65.6 cm³/mol. The molecule has 0 aliphatic rings. The second kappa shape index (κ2) is 4.97. The van der Waals surface area contributed by atoms with Crippen LogP contribution in [-0.4, -0.2) is 4.98 Å². The molecule has 6 heteroatoms. The van der Waals surface area contributed by atoms with E-state index in [1.165, 1.54) is 12.1 Å². The fourth-order valence-electron chi connectivity index (χ4n) is 1.50. The zero-order chi connectivity index (χ0) is 13.2. The highest BCUT2D eigenvalue weighted by Gasteiger charge is 2.32. The van der Waals surface area contributed by atoms with Crippen LogP contribution in [0.5, 0.6) is 0 Å². The smallest absolute Gasteiger partial charge is 0.364 e. The number of pyridine rings is 1. The van der Waals surface area contributed by atoms with Crippen LogP contribution in [0.1, 0.15) is 24.2 Å². The molecule has 0 aliphatic carbocycles. The van der Waals surface area contributed by atoms with Crippen LogP contribution in [0.15, 0.2) is 35.0 Å². The molecular weight excluding hydrogens is 261 g/mol. The van der Waals surface area contributed by atoms with Crippen LogP contribution >= 0.6 is 11.3 Å². The molecule has 1 unspecified atom stereocenters. The Morgan fingerprint density at radius 2 is 2.06 bits per heavy atom. The molecule has 0 radical (unpaired) electrons. The van der Waals surface area contributed by atoms with Crippen LogP contribution in [0.3, 0.4) is 0 Å². The van der Waals surface area contributed by atoms with E-state index in [9.17, 15) is 13.2 Å². The average Bonchev–Trinajstić information content (AvgIpc) is 2.81. The Labute approximate surface area is 106 Å². The maximum atomic E-state index is 12.5. The van der Waals surface area contributed by atoms with Crippen LogP contribution in [0, 0.1) is 0 Å². The summed E-state index contributed by atoms with van der Waals surface area (Å²) in [4.78, 5) is 3.56. The van der Waals surface area contributed by atoms with Crippen molar-refractivity contribution < 1.29 is 13.2 Å². The molecule has 2 heterocycles. The van der Waals surface area contributed by atoms with E-state index in [-0.39, 0.29) is 11.9 Å². The van der Waals surface area contributed by atoms with E-state index < -0.39 is 11.9 Å². The zero-order valence-corrected chi connectivity index (χ0v) is 10.3. The van der Waals surface area contributed by atoms with Crippen LogP contribution < -0.4 is 5.32 Å². The van der Waals surface area contributed by atoms with E-state index >= 15 is 0 Å². The van der Waals surface area contributed by atoms with Gasteiger partial charge in [0, 0.05) is 0 Å². The Kier molecular flexibility index (Phi) is 3.56. The van der Waals surface area contributed by atoms with Crippen molar-refractivity contribution in [2.75, 3.05) is 5.32 Å². The summed E-state index contributed by atoms with van der Waals surface area (Å²) >= 11 is 1.55. The van der Waals surface area contributed by atoms with E-state index in [4.69, 9.17) is 0 Å². The lowest BCUT2D eigenvalue weighted by Crippen LogP contribution is -2.12. The van der Waals surface area contributed by atoms with Gasteiger partial charge in [-0.15, -0.1) is 0 Å². The Bertz CT molecular complexity index is 508. The Balaban J connectivity index is 2.15. The van der Waals surface area contributed by atoms with Crippen molar-refractivity contribution in [1.82, 2.24) is 4.98 Å². The second-order valence-electron chi connectivity index (χ2n) is 3.83. The molecule has 0 aromatic carbocycles. The number of aromatic nitrogens is 1. The Morgan fingerprint density at radius 1 is 1.28 bits per heavy atom. The van der Waals surface area contributed by atoms with Crippen LogP contribution in [0.2, 0.25) is 0 Å². The fourth-order valence-corrected chi connectivity index (χ4v) is 2.25. The summed E-state index contributed by atoms with van der Waals surface area (Å²) < 4.78 is 37.5. The molecule has 2 rings (SSSR count). The van der Waals surface area contributed by atoms with Crippen molar-refractivity contribution in [2.45, 2.75) is 19.1 Å². The number of anilines is 1. The van der Waals surface area contributed by atoms with Crippen molar-refractivity contribution >= 4 is 17.2 Å². The molecule has 1 N–H and O–H groups in total. The highest BCUT2D eigenvalue weighted by molar-refractivity contribution is 7.07. The minimum atomic E-state index is -4.41. The van der Waals surface area contributed by atoms with Gasteiger partial charge in [-0.25, -0.2) is 4.98 Å². The summed E-state index contributed by atoms with van der Waals surface area (Å²) in [5.41, 5.74) is 0.143. The zero-order valence-electron chi connectivity index (χ0n) is 9.53. The maximum Gasteiger partial charge on any atom is 0.433 e. The Morgan fingerprint density at radius 3 is 2.67 bits per heavy atom. The van der Waals surface area contributed by atoms with Crippen molar-refractivity contribution in [1.29, 1.82) is 0 Å². The Hall–Kier alpha value is -1.56. The highest BCUT2D eigenvalue weighted by Crippen LogP contribution is 2.29. The molecule has 0 spiro atoms. The number of nitrogens with one attached hydrogen (secondary N) is 1. The molecule has 0 saturated heterocycles. The van der Waals surface area contributed by atoms with Crippen molar-refractivity contribution in [3.63, 3.8) is 0 Å². The molecule has 0 bridgehead atoms. The first kappa shape index (κ1) is 12.9. The molecule has 2 nitrogen and oxygen atoms in total. The summed E-state index contributed by atoms with van der Waals surface area (Å²) in [5, 5.41) is 6.83. The SMILES string of the molecule is CC(Nc1cccc(C(F)(F)F)n1)c1ccsc1. The first-order valence-electron chi connectivity index (χ1n) is 5.29. The van der Waals surface area contributed by atoms with Gasteiger partial charge in [-0.2, -0.15) is 24.5 Å². The number of hydrogen-bond acceptors (Lipinski definition) is 3. The van der Waals surface area contributed by atoms with Gasteiger partial charge in [0.05, 0.1) is 6.04 Å². The summed E-state index contributed by atoms with van der Waals surface area (Å²) in [7, 11) is 0. The third kappa shape index (κ3) is 3.01. The topological polar surface area (TPSA) is 24.9 Å². The molecule has 0 aliphatic heterocycles. The normalized spacial score (nSPS) is 13.3. The summed E-state index contributed by atoms with van der Waals surface area (Å²) in [5.74, 6) is 0.225. The van der Waals surface area contributed by atoms with E-state index in [2.05, 4.69) is 10.3 Å². The van der Waals surface area contributed by atoms with Gasteiger partial charge in [-0.3, -0.25) is 0 Å². The number of nitrogens with zero attached hydrogens (tertiary/aromatic N) is 1. The highest BCUT2D eigenvalue weighted by atomic mass is 32.1. The lowest BCUT2D eigenvalue weighted by Gasteiger charge is -2.14.